The number of nitrogen functional groups attached to an aromatic ring is 1. The summed E-state index contributed by atoms with van der Waals surface area (Å²) in [6.07, 6.45) is 3.59. The van der Waals surface area contributed by atoms with Crippen molar-refractivity contribution >= 4 is 80.8 Å². The van der Waals surface area contributed by atoms with Gasteiger partial charge in [-0.25, -0.2) is 19.3 Å². The number of nitrogens with zero attached hydrogens (tertiary/aromatic N) is 5. The van der Waals surface area contributed by atoms with Gasteiger partial charge < -0.3 is 26.1 Å². The second kappa shape index (κ2) is 12.5. The zero-order valence-electron chi connectivity index (χ0n) is 21.6. The number of carbonyl (C=O) groups is 4. The first-order chi connectivity index (χ1) is 20.2. The number of β-lactam (4-membered cyclic amide) rings is 1. The van der Waals surface area contributed by atoms with Gasteiger partial charge in [0, 0.05) is 28.2 Å². The Hall–Kier alpha value is -4.00. The molecular weight excluding hydrogens is 627 g/mol. The number of carbonyl (C=O) groups excluding carboxylic acids is 2. The number of fused-ring (bicyclic) bond motifs is 1. The predicted octanol–water partition coefficient (Wildman–Crippen LogP) is 1.10. The molecule has 2 amide bonds. The molecular formula is C24H22N7O7S4+. The first kappa shape index (κ1) is 29.5. The van der Waals surface area contributed by atoms with Crippen LogP contribution in [0, 0.1) is 0 Å². The zero-order valence-corrected chi connectivity index (χ0v) is 24.9. The number of anilines is 1. The zero-order chi connectivity index (χ0) is 30.0. The molecule has 2 atom stereocenters. The maximum atomic E-state index is 13.1. The van der Waals surface area contributed by atoms with Gasteiger partial charge in [-0.3, -0.25) is 19.3 Å². The van der Waals surface area contributed by atoms with E-state index in [1.165, 1.54) is 40.5 Å². The van der Waals surface area contributed by atoms with Gasteiger partial charge in [0.2, 0.25) is 0 Å². The van der Waals surface area contributed by atoms with E-state index in [-0.39, 0.29) is 34.5 Å². The van der Waals surface area contributed by atoms with Crippen molar-refractivity contribution in [2.45, 2.75) is 22.3 Å². The Morgan fingerprint density at radius 2 is 2.10 bits per heavy atom. The van der Waals surface area contributed by atoms with E-state index in [1.54, 1.807) is 16.8 Å². The third kappa shape index (κ3) is 6.10. The molecule has 0 bridgehead atoms. The molecule has 0 saturated carbocycles. The van der Waals surface area contributed by atoms with Crippen LogP contribution in [-0.4, -0.2) is 84.6 Å². The Bertz CT molecular complexity index is 1640. The molecule has 14 nitrogen and oxygen atoms in total. The fraction of sp³-hybridized carbons (Fsp3) is 0.250. The SMILES string of the molecule is CO/N=C(\C(=O)NC1C(=O)N2C(C(=O)O)=C(C[n+]3cccc(-c4csc(SCC(=O)O)n4)c3)CSC12)c1csc(N)n1. The second-order valence-electron chi connectivity index (χ2n) is 8.76. The Morgan fingerprint density at radius 3 is 2.79 bits per heavy atom. The third-order valence-electron chi connectivity index (χ3n) is 6.03. The average molecular weight is 649 g/mol. The largest absolute Gasteiger partial charge is 0.481 e. The van der Waals surface area contributed by atoms with Gasteiger partial charge in [-0.2, -0.15) is 0 Å². The quantitative estimate of drug-likeness (QED) is 0.0760. The van der Waals surface area contributed by atoms with Crippen molar-refractivity contribution in [1.82, 2.24) is 20.2 Å². The Labute approximate surface area is 254 Å². The molecule has 0 spiro atoms. The minimum absolute atomic E-state index is 0.0882. The summed E-state index contributed by atoms with van der Waals surface area (Å²) in [5, 5.41) is 28.3. The minimum atomic E-state index is -1.25. The second-order valence-corrected chi connectivity index (χ2v) is 12.8. The highest BCUT2D eigenvalue weighted by atomic mass is 32.2. The van der Waals surface area contributed by atoms with Gasteiger partial charge in [0.1, 0.15) is 29.9 Å². The number of thioether (sulfide) groups is 2. The molecule has 2 aliphatic heterocycles. The number of pyridine rings is 1. The van der Waals surface area contributed by atoms with Crippen molar-refractivity contribution in [2.24, 2.45) is 5.16 Å². The maximum absolute atomic E-state index is 13.1. The van der Waals surface area contributed by atoms with E-state index in [1.807, 2.05) is 17.6 Å². The van der Waals surface area contributed by atoms with Crippen LogP contribution < -0.4 is 15.6 Å². The number of nitrogens with two attached hydrogens (primary N) is 1. The van der Waals surface area contributed by atoms with Gasteiger partial charge in [-0.15, -0.1) is 34.4 Å². The monoisotopic (exact) mass is 648 g/mol. The first-order valence-electron chi connectivity index (χ1n) is 12.0. The Morgan fingerprint density at radius 1 is 1.29 bits per heavy atom. The summed E-state index contributed by atoms with van der Waals surface area (Å²) in [6, 6.07) is 2.68. The molecule has 5 N–H and O–H groups in total. The van der Waals surface area contributed by atoms with Crippen LogP contribution in [0.4, 0.5) is 5.13 Å². The van der Waals surface area contributed by atoms with E-state index >= 15 is 0 Å². The van der Waals surface area contributed by atoms with E-state index in [2.05, 4.69) is 20.4 Å². The van der Waals surface area contributed by atoms with Gasteiger partial charge >= 0.3 is 11.9 Å². The number of hydrogen-bond acceptors (Lipinski definition) is 13. The molecule has 18 heteroatoms. The molecule has 0 aliphatic carbocycles. The molecule has 3 aromatic heterocycles. The number of hydrogen-bond donors (Lipinski definition) is 4. The van der Waals surface area contributed by atoms with Crippen molar-refractivity contribution in [1.29, 1.82) is 0 Å². The maximum Gasteiger partial charge on any atom is 0.352 e. The summed E-state index contributed by atoms with van der Waals surface area (Å²) in [6.45, 7) is 0.205. The van der Waals surface area contributed by atoms with Crippen LogP contribution in [0.5, 0.6) is 0 Å². The Kier molecular flexibility index (Phi) is 8.76. The summed E-state index contributed by atoms with van der Waals surface area (Å²) in [4.78, 5) is 63.8. The van der Waals surface area contributed by atoms with Crippen molar-refractivity contribution in [3.8, 4) is 11.3 Å². The highest BCUT2D eigenvalue weighted by Crippen LogP contribution is 2.40. The first-order valence-corrected chi connectivity index (χ1v) is 15.8. The number of carboxylic acid groups (broad SMARTS) is 2. The van der Waals surface area contributed by atoms with Crippen LogP contribution in [-0.2, 0) is 30.6 Å². The van der Waals surface area contributed by atoms with E-state index < -0.39 is 35.2 Å². The van der Waals surface area contributed by atoms with E-state index in [9.17, 15) is 24.3 Å². The van der Waals surface area contributed by atoms with Gasteiger partial charge in [0.15, 0.2) is 34.1 Å². The number of aromatic nitrogens is 3. The number of carboxylic acids is 2. The van der Waals surface area contributed by atoms with Gasteiger partial charge in [-0.1, -0.05) is 16.9 Å². The lowest BCUT2D eigenvalue weighted by molar-refractivity contribution is -0.688. The smallest absolute Gasteiger partial charge is 0.352 e. The van der Waals surface area contributed by atoms with Gasteiger partial charge in [-0.05, 0) is 6.07 Å². The van der Waals surface area contributed by atoms with Crippen LogP contribution in [0.1, 0.15) is 5.69 Å². The number of rotatable bonds is 11. The fourth-order valence-corrected chi connectivity index (χ4v) is 7.72. The van der Waals surface area contributed by atoms with Crippen molar-refractivity contribution in [3.63, 3.8) is 0 Å². The summed E-state index contributed by atoms with van der Waals surface area (Å²) in [5.74, 6) is -3.21. The summed E-state index contributed by atoms with van der Waals surface area (Å²) in [7, 11) is 1.27. The van der Waals surface area contributed by atoms with E-state index in [0.29, 0.717) is 21.4 Å². The molecule has 218 valence electrons. The van der Waals surface area contributed by atoms with E-state index in [4.69, 9.17) is 15.7 Å². The van der Waals surface area contributed by atoms with Gasteiger partial charge in [0.25, 0.3) is 11.8 Å². The van der Waals surface area contributed by atoms with E-state index in [0.717, 1.165) is 28.7 Å². The molecule has 5 rings (SSSR count). The number of aliphatic carboxylic acids is 2. The third-order valence-corrected chi connectivity index (χ3v) is 10.0. The summed E-state index contributed by atoms with van der Waals surface area (Å²) < 4.78 is 2.43. The number of oxime groups is 1. The molecule has 3 aromatic rings. The lowest BCUT2D eigenvalue weighted by Crippen LogP contribution is -2.71. The van der Waals surface area contributed by atoms with Gasteiger partial charge in [0.05, 0.1) is 17.0 Å². The average Bonchev–Trinajstić information content (AvgIpc) is 3.62. The van der Waals surface area contributed by atoms with Crippen LogP contribution in [0.15, 0.2) is 56.1 Å². The molecule has 2 aliphatic rings. The highest BCUT2D eigenvalue weighted by Gasteiger charge is 2.54. The highest BCUT2D eigenvalue weighted by molar-refractivity contribution is 8.01. The standard InChI is InChI=1S/C24H21N7O7S4/c1-38-29-16(14-9-40-23(25)26-14)19(34)28-17-20(35)31-18(22(36)37)12(7-39-21(17)31)6-30-4-2-3-11(5-30)13-8-41-24(27-13)42-10-15(32)33/h2-5,8-9,17,21H,6-7,10H2,1H3,(H4-,25,26,28,32,33,34,36,37)/p+1/b29-16-. The summed E-state index contributed by atoms with van der Waals surface area (Å²) >= 11 is 4.93. The van der Waals surface area contributed by atoms with Crippen LogP contribution >= 0.6 is 46.2 Å². The van der Waals surface area contributed by atoms with Crippen molar-refractivity contribution in [2.75, 3.05) is 24.3 Å². The van der Waals surface area contributed by atoms with Crippen molar-refractivity contribution < 1.29 is 38.8 Å². The molecule has 1 fully saturated rings. The molecule has 0 aromatic carbocycles. The number of nitrogens with one attached hydrogen (secondary N) is 1. The van der Waals surface area contributed by atoms with Crippen LogP contribution in [0.3, 0.4) is 0 Å². The van der Waals surface area contributed by atoms with Crippen molar-refractivity contribution in [3.05, 3.63) is 52.3 Å². The molecule has 1 saturated heterocycles. The normalized spacial score (nSPS) is 18.4. The molecule has 0 radical (unpaired) electrons. The topological polar surface area (TPSA) is 201 Å². The van der Waals surface area contributed by atoms with Crippen LogP contribution in [0.25, 0.3) is 11.3 Å². The molecule has 2 unspecified atom stereocenters. The Balaban J connectivity index is 1.31. The molecule has 5 heterocycles. The number of thiazole rings is 2. The predicted molar refractivity (Wildman–Crippen MR) is 156 cm³/mol. The number of amides is 2. The van der Waals surface area contributed by atoms with Crippen LogP contribution in [0.2, 0.25) is 0 Å². The lowest BCUT2D eigenvalue weighted by atomic mass is 10.0. The lowest BCUT2D eigenvalue weighted by Gasteiger charge is -2.49. The minimum Gasteiger partial charge on any atom is -0.481 e. The molecule has 42 heavy (non-hydrogen) atoms. The fourth-order valence-electron chi connectivity index (χ4n) is 4.28. The summed E-state index contributed by atoms with van der Waals surface area (Å²) in [5.41, 5.74) is 7.55.